The number of aromatic nitrogens is 2. The van der Waals surface area contributed by atoms with Gasteiger partial charge in [0.15, 0.2) is 0 Å². The Morgan fingerprint density at radius 2 is 1.74 bits per heavy atom. The zero-order valence-corrected chi connectivity index (χ0v) is 19.2. The first-order chi connectivity index (χ1) is 16.3. The predicted molar refractivity (Wildman–Crippen MR) is 127 cm³/mol. The number of ether oxygens (including phenoxy) is 2. The van der Waals surface area contributed by atoms with Crippen molar-refractivity contribution in [2.75, 3.05) is 7.11 Å². The maximum atomic E-state index is 13.3. The predicted octanol–water partition coefficient (Wildman–Crippen LogP) is 4.49. The number of fused-ring (bicyclic) bond motifs is 1. The van der Waals surface area contributed by atoms with Gasteiger partial charge in [-0.1, -0.05) is 17.7 Å². The van der Waals surface area contributed by atoms with Gasteiger partial charge in [-0.3, -0.25) is 9.20 Å². The Bertz CT molecular complexity index is 1600. The van der Waals surface area contributed by atoms with E-state index in [4.69, 9.17) is 21.1 Å². The summed E-state index contributed by atoms with van der Waals surface area (Å²) in [7, 11) is -2.72. The number of sulfone groups is 1. The normalized spacial score (nSPS) is 11.7. The second kappa shape index (κ2) is 9.39. The molecule has 4 aromatic rings. The van der Waals surface area contributed by atoms with Crippen molar-refractivity contribution in [1.82, 2.24) is 9.38 Å². The molecule has 0 bridgehead atoms. The standard InChI is InChI=1S/C24H16ClN3O5S/c1-32-17-7-9-18(10-8-17)33-23-21(24(29)28-13-3-2-4-22(28)27-23)14-20(15-26)34(30,31)19-11-5-16(25)6-12-19/h2-14H,1H3/b20-14+. The molecule has 4 rings (SSSR count). The van der Waals surface area contributed by atoms with Crippen molar-refractivity contribution in [2.24, 2.45) is 0 Å². The van der Waals surface area contributed by atoms with Crippen LogP contribution in [-0.2, 0) is 9.84 Å². The van der Waals surface area contributed by atoms with Crippen LogP contribution in [0.1, 0.15) is 5.56 Å². The number of benzene rings is 2. The highest BCUT2D eigenvalue weighted by atomic mass is 35.5. The van der Waals surface area contributed by atoms with E-state index in [1.807, 2.05) is 0 Å². The van der Waals surface area contributed by atoms with Crippen LogP contribution in [0, 0.1) is 11.3 Å². The largest absolute Gasteiger partial charge is 0.497 e. The van der Waals surface area contributed by atoms with Gasteiger partial charge in [0, 0.05) is 11.2 Å². The average Bonchev–Trinajstić information content (AvgIpc) is 2.84. The van der Waals surface area contributed by atoms with Crippen LogP contribution in [0.5, 0.6) is 17.4 Å². The molecule has 0 spiro atoms. The van der Waals surface area contributed by atoms with E-state index < -0.39 is 20.3 Å². The molecular formula is C24H16ClN3O5S. The van der Waals surface area contributed by atoms with Gasteiger partial charge in [-0.2, -0.15) is 10.2 Å². The Morgan fingerprint density at radius 3 is 2.38 bits per heavy atom. The van der Waals surface area contributed by atoms with Gasteiger partial charge in [0.25, 0.3) is 5.56 Å². The van der Waals surface area contributed by atoms with Crippen LogP contribution in [-0.4, -0.2) is 24.9 Å². The van der Waals surface area contributed by atoms with Crippen LogP contribution < -0.4 is 15.0 Å². The lowest BCUT2D eigenvalue weighted by Gasteiger charge is -2.11. The van der Waals surface area contributed by atoms with E-state index in [1.165, 1.54) is 42.0 Å². The van der Waals surface area contributed by atoms with Gasteiger partial charge in [0.1, 0.15) is 33.7 Å². The summed E-state index contributed by atoms with van der Waals surface area (Å²) in [5.41, 5.74) is -0.519. The number of rotatable bonds is 6. The first-order valence-electron chi connectivity index (χ1n) is 9.79. The highest BCUT2D eigenvalue weighted by Gasteiger charge is 2.23. The van der Waals surface area contributed by atoms with Gasteiger partial charge < -0.3 is 9.47 Å². The molecular weight excluding hydrogens is 478 g/mol. The summed E-state index contributed by atoms with van der Waals surface area (Å²) in [4.78, 5) is 16.8. The Kier molecular flexibility index (Phi) is 6.36. The lowest BCUT2D eigenvalue weighted by atomic mass is 10.2. The summed E-state index contributed by atoms with van der Waals surface area (Å²) in [5.74, 6) is 0.780. The molecule has 0 aliphatic rings. The van der Waals surface area contributed by atoms with Crippen LogP contribution in [0.25, 0.3) is 11.7 Å². The fourth-order valence-electron chi connectivity index (χ4n) is 3.08. The van der Waals surface area contributed by atoms with Gasteiger partial charge in [0.05, 0.1) is 12.0 Å². The highest BCUT2D eigenvalue weighted by Crippen LogP contribution is 2.28. The highest BCUT2D eigenvalue weighted by molar-refractivity contribution is 7.95. The third-order valence-electron chi connectivity index (χ3n) is 4.81. The van der Waals surface area contributed by atoms with Crippen molar-refractivity contribution in [1.29, 1.82) is 5.26 Å². The molecule has 170 valence electrons. The Balaban J connectivity index is 1.90. The molecule has 0 radical (unpaired) electrons. The number of nitrogens with zero attached hydrogens (tertiary/aromatic N) is 3. The van der Waals surface area contributed by atoms with E-state index in [-0.39, 0.29) is 22.0 Å². The van der Waals surface area contributed by atoms with Crippen molar-refractivity contribution in [3.8, 4) is 23.4 Å². The SMILES string of the molecule is COc1ccc(Oc2nc3ccccn3c(=O)c2/C=C(\C#N)S(=O)(=O)c2ccc(Cl)cc2)cc1. The van der Waals surface area contributed by atoms with Gasteiger partial charge in [-0.05, 0) is 66.7 Å². The van der Waals surface area contributed by atoms with E-state index in [2.05, 4.69) is 4.98 Å². The molecule has 0 unspecified atom stereocenters. The molecule has 0 amide bonds. The quantitative estimate of drug-likeness (QED) is 0.364. The van der Waals surface area contributed by atoms with Crippen molar-refractivity contribution in [3.05, 3.63) is 98.8 Å². The first kappa shape index (κ1) is 23.0. The number of nitriles is 1. The van der Waals surface area contributed by atoms with Crippen molar-refractivity contribution in [2.45, 2.75) is 4.90 Å². The lowest BCUT2D eigenvalue weighted by molar-refractivity contribution is 0.412. The Morgan fingerprint density at radius 1 is 1.06 bits per heavy atom. The minimum absolute atomic E-state index is 0.142. The van der Waals surface area contributed by atoms with Gasteiger partial charge in [0.2, 0.25) is 15.7 Å². The molecule has 2 aromatic carbocycles. The Labute approximate surface area is 199 Å². The van der Waals surface area contributed by atoms with E-state index in [0.29, 0.717) is 16.5 Å². The van der Waals surface area contributed by atoms with Crippen LogP contribution in [0.2, 0.25) is 5.02 Å². The number of pyridine rings is 1. The summed E-state index contributed by atoms with van der Waals surface area (Å²) in [6.45, 7) is 0. The summed E-state index contributed by atoms with van der Waals surface area (Å²) >= 11 is 5.85. The number of halogens is 1. The third-order valence-corrected chi connectivity index (χ3v) is 6.74. The zero-order chi connectivity index (χ0) is 24.3. The molecule has 0 aliphatic carbocycles. The van der Waals surface area contributed by atoms with Crippen LogP contribution in [0.3, 0.4) is 0 Å². The first-order valence-corrected chi connectivity index (χ1v) is 11.7. The fraction of sp³-hybridized carbons (Fsp3) is 0.0417. The summed E-state index contributed by atoms with van der Waals surface area (Å²) in [6, 6.07) is 18.5. The molecule has 0 saturated heterocycles. The maximum absolute atomic E-state index is 13.3. The van der Waals surface area contributed by atoms with E-state index in [0.717, 1.165) is 6.08 Å². The van der Waals surface area contributed by atoms with Gasteiger partial charge in [-0.15, -0.1) is 0 Å². The minimum Gasteiger partial charge on any atom is -0.497 e. The summed E-state index contributed by atoms with van der Waals surface area (Å²) in [6.07, 6.45) is 2.45. The van der Waals surface area contributed by atoms with E-state index >= 15 is 0 Å². The topological polar surface area (TPSA) is 111 Å². The molecule has 0 saturated carbocycles. The van der Waals surface area contributed by atoms with Gasteiger partial charge >= 0.3 is 0 Å². The lowest BCUT2D eigenvalue weighted by Crippen LogP contribution is -2.19. The van der Waals surface area contributed by atoms with Crippen LogP contribution in [0.15, 0.2) is 87.5 Å². The van der Waals surface area contributed by atoms with Gasteiger partial charge in [-0.25, -0.2) is 8.42 Å². The second-order valence-electron chi connectivity index (χ2n) is 6.92. The van der Waals surface area contributed by atoms with E-state index in [1.54, 1.807) is 48.5 Å². The molecule has 2 aromatic heterocycles. The molecule has 0 aliphatic heterocycles. The second-order valence-corrected chi connectivity index (χ2v) is 9.27. The van der Waals surface area contributed by atoms with Crippen molar-refractivity contribution >= 4 is 33.2 Å². The Hall–Kier alpha value is -4.13. The minimum atomic E-state index is -4.24. The number of hydrogen-bond donors (Lipinski definition) is 0. The maximum Gasteiger partial charge on any atom is 0.269 e. The van der Waals surface area contributed by atoms with E-state index in [9.17, 15) is 18.5 Å². The molecule has 8 nitrogen and oxygen atoms in total. The monoisotopic (exact) mass is 493 g/mol. The smallest absolute Gasteiger partial charge is 0.269 e. The van der Waals surface area contributed by atoms with Crippen molar-refractivity contribution < 1.29 is 17.9 Å². The number of allylic oxidation sites excluding steroid dienone is 1. The molecule has 0 N–H and O–H groups in total. The molecule has 0 atom stereocenters. The summed E-state index contributed by atoms with van der Waals surface area (Å²) in [5, 5.41) is 10.0. The average molecular weight is 494 g/mol. The van der Waals surface area contributed by atoms with Crippen LogP contribution in [0.4, 0.5) is 0 Å². The molecule has 2 heterocycles. The summed E-state index contributed by atoms with van der Waals surface area (Å²) < 4.78 is 38.3. The third kappa shape index (κ3) is 4.50. The number of hydrogen-bond acceptors (Lipinski definition) is 7. The zero-order valence-electron chi connectivity index (χ0n) is 17.7. The van der Waals surface area contributed by atoms with Crippen LogP contribution >= 0.6 is 11.6 Å². The fourth-order valence-corrected chi connectivity index (χ4v) is 4.35. The molecule has 0 fully saturated rings. The van der Waals surface area contributed by atoms with Crippen molar-refractivity contribution in [3.63, 3.8) is 0 Å². The molecule has 34 heavy (non-hydrogen) atoms. The number of methoxy groups -OCH3 is 1. The molecule has 10 heteroatoms.